The Morgan fingerprint density at radius 2 is 1.90 bits per heavy atom. The highest BCUT2D eigenvalue weighted by atomic mass is 16.5. The van der Waals surface area contributed by atoms with Gasteiger partial charge in [-0.3, -0.25) is 0 Å². The van der Waals surface area contributed by atoms with Gasteiger partial charge in [0.2, 0.25) is 0 Å². The second-order valence-corrected chi connectivity index (χ2v) is 5.37. The summed E-state index contributed by atoms with van der Waals surface area (Å²) in [5.41, 5.74) is 6.02. The third-order valence-electron chi connectivity index (χ3n) is 3.86. The van der Waals surface area contributed by atoms with Crippen molar-refractivity contribution in [3.8, 4) is 22.6 Å². The summed E-state index contributed by atoms with van der Waals surface area (Å²) in [6.45, 7) is 8.28. The van der Waals surface area contributed by atoms with Gasteiger partial charge >= 0.3 is 0 Å². The van der Waals surface area contributed by atoms with Crippen LogP contribution < -0.4 is 9.47 Å². The number of hydrogen-bond donors (Lipinski definition) is 0. The smallest absolute Gasteiger partial charge is 0.131 e. The summed E-state index contributed by atoms with van der Waals surface area (Å²) < 4.78 is 11.4. The van der Waals surface area contributed by atoms with Crippen molar-refractivity contribution in [1.82, 2.24) is 0 Å². The summed E-state index contributed by atoms with van der Waals surface area (Å²) in [5, 5.41) is 0. The molecular formula is C18H19O2. The van der Waals surface area contributed by atoms with Crippen molar-refractivity contribution in [2.75, 3.05) is 7.11 Å². The molecule has 0 aliphatic carbocycles. The van der Waals surface area contributed by atoms with E-state index in [0.29, 0.717) is 0 Å². The van der Waals surface area contributed by atoms with Crippen LogP contribution in [-0.4, -0.2) is 13.2 Å². The molecule has 2 heteroatoms. The number of methoxy groups -OCH3 is 1. The third kappa shape index (κ3) is 2.05. The van der Waals surface area contributed by atoms with Gasteiger partial charge in [-0.05, 0) is 49.6 Å². The zero-order chi connectivity index (χ0) is 14.3. The van der Waals surface area contributed by atoms with E-state index in [2.05, 4.69) is 51.1 Å². The number of fused-ring (bicyclic) bond motifs is 1. The van der Waals surface area contributed by atoms with Gasteiger partial charge < -0.3 is 9.47 Å². The summed E-state index contributed by atoms with van der Waals surface area (Å²) in [4.78, 5) is 0. The van der Waals surface area contributed by atoms with E-state index in [1.807, 2.05) is 0 Å². The fraction of sp³-hybridized carbons (Fsp3) is 0.278. The minimum atomic E-state index is -0.0137. The van der Waals surface area contributed by atoms with Crippen LogP contribution in [0.5, 0.6) is 11.5 Å². The second-order valence-electron chi connectivity index (χ2n) is 5.37. The zero-order valence-corrected chi connectivity index (χ0v) is 12.2. The molecule has 1 radical (unpaired) electrons. The second kappa shape index (κ2) is 4.86. The van der Waals surface area contributed by atoms with Gasteiger partial charge in [-0.25, -0.2) is 0 Å². The Morgan fingerprint density at radius 3 is 2.55 bits per heavy atom. The number of rotatable bonds is 2. The number of benzene rings is 2. The minimum absolute atomic E-state index is 0.0137. The van der Waals surface area contributed by atoms with Gasteiger partial charge in [0.25, 0.3) is 0 Å². The molecule has 1 aliphatic heterocycles. The molecule has 0 fully saturated rings. The average molecular weight is 267 g/mol. The molecule has 0 amide bonds. The fourth-order valence-electron chi connectivity index (χ4n) is 2.95. The van der Waals surface area contributed by atoms with E-state index in [-0.39, 0.29) is 6.10 Å². The van der Waals surface area contributed by atoms with Crippen LogP contribution in [0.3, 0.4) is 0 Å². The van der Waals surface area contributed by atoms with Crippen LogP contribution in [0.4, 0.5) is 0 Å². The van der Waals surface area contributed by atoms with Gasteiger partial charge in [-0.1, -0.05) is 18.2 Å². The first kappa shape index (κ1) is 13.0. The summed E-state index contributed by atoms with van der Waals surface area (Å²) in [7, 11) is 1.70. The molecule has 0 saturated carbocycles. The van der Waals surface area contributed by atoms with E-state index in [1.165, 1.54) is 22.3 Å². The maximum atomic E-state index is 5.94. The number of hydrogen-bond acceptors (Lipinski definition) is 2. The van der Waals surface area contributed by atoms with Gasteiger partial charge in [0, 0.05) is 17.5 Å². The molecule has 0 spiro atoms. The maximum absolute atomic E-state index is 5.94. The molecule has 0 aromatic heterocycles. The summed E-state index contributed by atoms with van der Waals surface area (Å²) in [5.74, 6) is 1.84. The van der Waals surface area contributed by atoms with Crippen LogP contribution in [0, 0.1) is 20.8 Å². The molecule has 1 heterocycles. The van der Waals surface area contributed by atoms with Crippen LogP contribution >= 0.6 is 0 Å². The molecule has 1 atom stereocenters. The molecule has 2 aromatic rings. The lowest BCUT2D eigenvalue weighted by molar-refractivity contribution is 0.282. The lowest BCUT2D eigenvalue weighted by atomic mass is 9.93. The standard InChI is InChI=1S/C18H19O2/c1-11-6-5-7-12(2)17(11)16-10-15(19-4)9-14-8-13(3)20-18(14)16/h5-7,9-10,13H,3,8H2,1-2,4H3. The van der Waals surface area contributed by atoms with Crippen molar-refractivity contribution in [2.45, 2.75) is 26.4 Å². The van der Waals surface area contributed by atoms with Crippen LogP contribution in [0.1, 0.15) is 16.7 Å². The zero-order valence-electron chi connectivity index (χ0n) is 12.2. The van der Waals surface area contributed by atoms with Crippen LogP contribution in [0.2, 0.25) is 0 Å². The maximum Gasteiger partial charge on any atom is 0.131 e. The minimum Gasteiger partial charge on any atom is -0.497 e. The first-order valence-corrected chi connectivity index (χ1v) is 6.87. The summed E-state index contributed by atoms with van der Waals surface area (Å²) >= 11 is 0. The monoisotopic (exact) mass is 267 g/mol. The highest BCUT2D eigenvalue weighted by Crippen LogP contribution is 2.43. The molecule has 0 bridgehead atoms. The van der Waals surface area contributed by atoms with E-state index in [1.54, 1.807) is 7.11 Å². The molecule has 0 saturated heterocycles. The predicted octanol–water partition coefficient (Wildman–Crippen LogP) is 4.12. The Labute approximate surface area is 120 Å². The molecule has 20 heavy (non-hydrogen) atoms. The molecule has 3 rings (SSSR count). The summed E-state index contributed by atoms with van der Waals surface area (Å²) in [6, 6.07) is 10.5. The van der Waals surface area contributed by atoms with Gasteiger partial charge in [0.05, 0.1) is 7.11 Å². The van der Waals surface area contributed by atoms with Crippen molar-refractivity contribution in [3.05, 3.63) is 53.9 Å². The van der Waals surface area contributed by atoms with Crippen molar-refractivity contribution in [2.24, 2.45) is 0 Å². The van der Waals surface area contributed by atoms with Gasteiger partial charge in [0.15, 0.2) is 0 Å². The van der Waals surface area contributed by atoms with Crippen molar-refractivity contribution >= 4 is 0 Å². The number of ether oxygens (including phenoxy) is 2. The fourth-order valence-corrected chi connectivity index (χ4v) is 2.95. The van der Waals surface area contributed by atoms with E-state index in [0.717, 1.165) is 23.5 Å². The summed E-state index contributed by atoms with van der Waals surface area (Å²) in [6.07, 6.45) is 0.824. The molecular weight excluding hydrogens is 248 g/mol. The SMILES string of the molecule is [CH2]C1Cc2cc(OC)cc(-c3c(C)cccc3C)c2O1. The van der Waals surface area contributed by atoms with Gasteiger partial charge in [-0.2, -0.15) is 0 Å². The Balaban J connectivity index is 2.26. The van der Waals surface area contributed by atoms with E-state index in [4.69, 9.17) is 9.47 Å². The Hall–Kier alpha value is -1.96. The first-order chi connectivity index (χ1) is 9.60. The highest BCUT2D eigenvalue weighted by molar-refractivity contribution is 5.79. The molecule has 1 unspecified atom stereocenters. The molecule has 103 valence electrons. The van der Waals surface area contributed by atoms with E-state index < -0.39 is 0 Å². The molecule has 1 aliphatic rings. The molecule has 0 N–H and O–H groups in total. The predicted molar refractivity (Wildman–Crippen MR) is 81.4 cm³/mol. The Morgan fingerprint density at radius 1 is 1.20 bits per heavy atom. The van der Waals surface area contributed by atoms with E-state index in [9.17, 15) is 0 Å². The normalized spacial score (nSPS) is 16.7. The lowest BCUT2D eigenvalue weighted by Gasteiger charge is -2.15. The lowest BCUT2D eigenvalue weighted by Crippen LogP contribution is -2.06. The first-order valence-electron chi connectivity index (χ1n) is 6.87. The van der Waals surface area contributed by atoms with Crippen molar-refractivity contribution in [1.29, 1.82) is 0 Å². The van der Waals surface area contributed by atoms with Gasteiger partial charge in [-0.15, -0.1) is 0 Å². The quantitative estimate of drug-likeness (QED) is 0.815. The van der Waals surface area contributed by atoms with Crippen molar-refractivity contribution in [3.63, 3.8) is 0 Å². The van der Waals surface area contributed by atoms with Crippen LogP contribution in [-0.2, 0) is 6.42 Å². The topological polar surface area (TPSA) is 18.5 Å². The van der Waals surface area contributed by atoms with Crippen LogP contribution in [0.15, 0.2) is 30.3 Å². The Kier molecular flexibility index (Phi) is 3.17. The molecule has 2 nitrogen and oxygen atoms in total. The highest BCUT2D eigenvalue weighted by Gasteiger charge is 2.25. The van der Waals surface area contributed by atoms with Gasteiger partial charge in [0.1, 0.15) is 17.6 Å². The average Bonchev–Trinajstić information content (AvgIpc) is 2.78. The van der Waals surface area contributed by atoms with Crippen LogP contribution in [0.25, 0.3) is 11.1 Å². The van der Waals surface area contributed by atoms with E-state index >= 15 is 0 Å². The largest absolute Gasteiger partial charge is 0.497 e. The van der Waals surface area contributed by atoms with Crippen molar-refractivity contribution < 1.29 is 9.47 Å². The third-order valence-corrected chi connectivity index (χ3v) is 3.86. The number of aryl methyl sites for hydroxylation is 2. The Bertz CT molecular complexity index is 638. The molecule has 2 aromatic carbocycles.